The van der Waals surface area contributed by atoms with Gasteiger partial charge >= 0.3 is 11.9 Å². The molecule has 0 bridgehead atoms. The Labute approximate surface area is 238 Å². The molecule has 0 radical (unpaired) electrons. The van der Waals surface area contributed by atoms with Crippen LogP contribution in [0.15, 0.2) is 97.6 Å². The first kappa shape index (κ1) is 32.8. The first-order valence-corrected chi connectivity index (χ1v) is 18.1. The van der Waals surface area contributed by atoms with E-state index in [1.165, 1.54) is 0 Å². The summed E-state index contributed by atoms with van der Waals surface area (Å²) in [6, 6.07) is 13.8. The third kappa shape index (κ3) is 9.08. The summed E-state index contributed by atoms with van der Waals surface area (Å²) in [7, 11) is -4.03. The van der Waals surface area contributed by atoms with E-state index in [2.05, 4.69) is 39.4 Å². The van der Waals surface area contributed by atoms with E-state index < -0.39 is 34.4 Å². The summed E-state index contributed by atoms with van der Waals surface area (Å²) in [5, 5.41) is 2.08. The maximum atomic E-state index is 12.6. The lowest BCUT2D eigenvalue weighted by molar-refractivity contribution is -0.427. The Morgan fingerprint density at radius 1 is 0.700 bits per heavy atom. The molecule has 214 valence electrons. The van der Waals surface area contributed by atoms with Gasteiger partial charge in [-0.3, -0.25) is 9.78 Å². The third-order valence-electron chi connectivity index (χ3n) is 6.47. The van der Waals surface area contributed by atoms with E-state index in [4.69, 9.17) is 29.0 Å². The van der Waals surface area contributed by atoms with E-state index in [0.29, 0.717) is 13.2 Å². The Bertz CT molecular complexity index is 1060. The molecule has 0 spiro atoms. The Morgan fingerprint density at radius 2 is 1.07 bits per heavy atom. The van der Waals surface area contributed by atoms with Crippen LogP contribution in [-0.2, 0) is 29.0 Å². The molecule has 0 aromatic heterocycles. The molecule has 0 aliphatic heterocycles. The van der Waals surface area contributed by atoms with Crippen molar-refractivity contribution in [2.45, 2.75) is 26.3 Å². The molecule has 0 N–H and O–H groups in total. The lowest BCUT2D eigenvalue weighted by atomic mass is 10.2. The van der Waals surface area contributed by atoms with Crippen molar-refractivity contribution in [1.29, 1.82) is 0 Å². The SMILES string of the molecule is C=C[Si](C)(C=C)c1ccc(C(=O)OOC(COCCOCC)OOC(=O)c2ccc([Si](C)(C=C)C=C)cc2)cc1. The predicted octanol–water partition coefficient (Wildman–Crippen LogP) is 4.41. The summed E-state index contributed by atoms with van der Waals surface area (Å²) in [5.41, 5.74) is 8.13. The molecule has 0 unspecified atom stereocenters. The Morgan fingerprint density at radius 3 is 1.43 bits per heavy atom. The first-order valence-electron chi connectivity index (χ1n) is 12.8. The molecule has 10 heteroatoms. The van der Waals surface area contributed by atoms with Crippen molar-refractivity contribution >= 4 is 38.5 Å². The van der Waals surface area contributed by atoms with Crippen LogP contribution in [0.1, 0.15) is 27.6 Å². The Balaban J connectivity index is 2.02. The second kappa shape index (κ2) is 16.0. The molecule has 0 aliphatic rings. The average molecular weight is 583 g/mol. The van der Waals surface area contributed by atoms with Gasteiger partial charge in [0.15, 0.2) is 0 Å². The van der Waals surface area contributed by atoms with Gasteiger partial charge in [-0.25, -0.2) is 9.59 Å². The third-order valence-corrected chi connectivity index (χ3v) is 13.0. The van der Waals surface area contributed by atoms with Gasteiger partial charge in [0.1, 0.15) is 22.8 Å². The molecule has 0 atom stereocenters. The molecule has 0 heterocycles. The summed E-state index contributed by atoms with van der Waals surface area (Å²) in [5.74, 6) is -1.51. The second-order valence-corrected chi connectivity index (χ2v) is 17.1. The number of benzene rings is 2. The molecule has 2 aromatic carbocycles. The molecule has 0 saturated carbocycles. The minimum Gasteiger partial charge on any atom is -0.379 e. The summed E-state index contributed by atoms with van der Waals surface area (Å²) in [6.45, 7) is 22.6. The maximum absolute atomic E-state index is 12.6. The van der Waals surface area contributed by atoms with Gasteiger partial charge in [0.25, 0.3) is 6.29 Å². The van der Waals surface area contributed by atoms with Gasteiger partial charge in [-0.2, -0.15) is 0 Å². The van der Waals surface area contributed by atoms with Crippen LogP contribution in [0.2, 0.25) is 13.1 Å². The monoisotopic (exact) mass is 582 g/mol. The number of carbonyl (C=O) groups is 2. The van der Waals surface area contributed by atoms with Crippen molar-refractivity contribution in [3.05, 3.63) is 109 Å². The summed E-state index contributed by atoms with van der Waals surface area (Å²) in [4.78, 5) is 45.3. The molecule has 0 amide bonds. The lowest BCUT2D eigenvalue weighted by Crippen LogP contribution is -2.40. The molecule has 2 rings (SSSR count). The average Bonchev–Trinajstić information content (AvgIpc) is 3.00. The summed E-state index contributed by atoms with van der Waals surface area (Å²) < 4.78 is 10.7. The van der Waals surface area contributed by atoms with Crippen molar-refractivity contribution in [3.63, 3.8) is 0 Å². The van der Waals surface area contributed by atoms with Crippen LogP contribution in [0.3, 0.4) is 0 Å². The smallest absolute Gasteiger partial charge is 0.373 e. The number of hydrogen-bond acceptors (Lipinski definition) is 8. The predicted molar refractivity (Wildman–Crippen MR) is 160 cm³/mol. The van der Waals surface area contributed by atoms with Gasteiger partial charge in [0.2, 0.25) is 0 Å². The van der Waals surface area contributed by atoms with E-state index in [0.717, 1.165) is 10.4 Å². The molecule has 8 nitrogen and oxygen atoms in total. The highest BCUT2D eigenvalue weighted by molar-refractivity contribution is 6.99. The zero-order chi connectivity index (χ0) is 29.6. The normalized spacial score (nSPS) is 11.5. The van der Waals surface area contributed by atoms with Crippen LogP contribution in [-0.4, -0.2) is 60.8 Å². The number of carbonyl (C=O) groups excluding carboxylic acids is 2. The van der Waals surface area contributed by atoms with Crippen molar-refractivity contribution in [3.8, 4) is 0 Å². The quantitative estimate of drug-likeness (QED) is 0.0840. The highest BCUT2D eigenvalue weighted by atomic mass is 28.3. The fourth-order valence-corrected chi connectivity index (χ4v) is 6.42. The van der Waals surface area contributed by atoms with Crippen LogP contribution in [0, 0.1) is 0 Å². The van der Waals surface area contributed by atoms with Gasteiger partial charge < -0.3 is 9.47 Å². The van der Waals surface area contributed by atoms with Gasteiger partial charge in [-0.05, 0) is 31.2 Å². The van der Waals surface area contributed by atoms with Crippen molar-refractivity contribution in [1.82, 2.24) is 0 Å². The van der Waals surface area contributed by atoms with Crippen LogP contribution in [0.5, 0.6) is 0 Å². The van der Waals surface area contributed by atoms with E-state index in [9.17, 15) is 9.59 Å². The van der Waals surface area contributed by atoms with Crippen LogP contribution >= 0.6 is 0 Å². The van der Waals surface area contributed by atoms with Gasteiger partial charge in [-0.15, -0.1) is 36.1 Å². The standard InChI is InChI=1S/C30H38O8Si2/c1-8-33-21-22-34-23-28(35-37-29(31)24-13-17-26(18-14-24)39(6,9-2)10-3)36-38-30(32)25-15-19-27(20-16-25)40(7,11-4)12-5/h9-20,28H,2-5,8,21-23H2,1,6-7H3. The minimum absolute atomic E-state index is 0.198. The van der Waals surface area contributed by atoms with Crippen molar-refractivity contribution < 1.29 is 38.6 Å². The van der Waals surface area contributed by atoms with Crippen LogP contribution < -0.4 is 10.4 Å². The van der Waals surface area contributed by atoms with E-state index in [1.807, 2.05) is 54.0 Å². The van der Waals surface area contributed by atoms with E-state index in [-0.39, 0.29) is 24.3 Å². The van der Waals surface area contributed by atoms with E-state index >= 15 is 0 Å². The topological polar surface area (TPSA) is 89.5 Å². The number of hydrogen-bond donors (Lipinski definition) is 0. The van der Waals surface area contributed by atoms with Crippen molar-refractivity contribution in [2.75, 3.05) is 26.4 Å². The fraction of sp³-hybridized carbons (Fsp3) is 0.267. The molecule has 0 fully saturated rings. The van der Waals surface area contributed by atoms with Gasteiger partial charge in [-0.1, -0.05) is 70.5 Å². The second-order valence-electron chi connectivity index (χ2n) is 9.17. The summed E-state index contributed by atoms with van der Waals surface area (Å²) >= 11 is 0. The van der Waals surface area contributed by atoms with Gasteiger partial charge in [0, 0.05) is 6.61 Å². The fourth-order valence-electron chi connectivity index (χ4n) is 3.37. The Kier molecular flexibility index (Phi) is 13.1. The van der Waals surface area contributed by atoms with Crippen LogP contribution in [0.25, 0.3) is 0 Å². The summed E-state index contributed by atoms with van der Waals surface area (Å²) in [6.07, 6.45) is -1.34. The van der Waals surface area contributed by atoms with Crippen LogP contribution in [0.4, 0.5) is 0 Å². The number of ether oxygens (including phenoxy) is 2. The molecule has 0 aliphatic carbocycles. The molecule has 0 saturated heterocycles. The number of rotatable bonds is 18. The first-order chi connectivity index (χ1) is 19.2. The molecular weight excluding hydrogens is 544 g/mol. The minimum atomic E-state index is -2.02. The largest absolute Gasteiger partial charge is 0.379 e. The van der Waals surface area contributed by atoms with Crippen molar-refractivity contribution in [2.24, 2.45) is 0 Å². The highest BCUT2D eigenvalue weighted by Gasteiger charge is 2.24. The zero-order valence-corrected chi connectivity index (χ0v) is 25.4. The lowest BCUT2D eigenvalue weighted by Gasteiger charge is -2.19. The van der Waals surface area contributed by atoms with E-state index in [1.54, 1.807) is 24.3 Å². The molecular formula is C30H38O8Si2. The Hall–Kier alpha value is -3.39. The molecule has 2 aromatic rings. The molecule has 40 heavy (non-hydrogen) atoms. The zero-order valence-electron chi connectivity index (χ0n) is 23.4. The maximum Gasteiger partial charge on any atom is 0.373 e. The highest BCUT2D eigenvalue weighted by Crippen LogP contribution is 2.12. The van der Waals surface area contributed by atoms with Gasteiger partial charge in [0.05, 0.1) is 24.3 Å².